The van der Waals surface area contributed by atoms with Gasteiger partial charge >= 0.3 is 5.97 Å². The molecule has 1 saturated heterocycles. The van der Waals surface area contributed by atoms with E-state index in [1.54, 1.807) is 41.4 Å². The number of rotatable bonds is 5. The van der Waals surface area contributed by atoms with Gasteiger partial charge in [-0.3, -0.25) is 4.98 Å². The molecule has 9 heteroatoms. The summed E-state index contributed by atoms with van der Waals surface area (Å²) in [6.45, 7) is 0. The molecule has 2 aromatic carbocycles. The Bertz CT molecular complexity index is 1410. The number of furan rings is 1. The third-order valence-corrected chi connectivity index (χ3v) is 6.33. The SMILES string of the molecule is COC(=O)c1cccc(-c2ccc([C@@H]3[C@H](c4ccccn4)NC(=S)N3c3cc(Cl)ccc3O)o2)c1. The van der Waals surface area contributed by atoms with Crippen molar-refractivity contribution < 1.29 is 19.1 Å². The molecule has 0 radical (unpaired) electrons. The first-order valence-corrected chi connectivity index (χ1v) is 11.5. The number of carbonyl (C=O) groups is 1. The molecule has 4 aromatic rings. The molecule has 1 fully saturated rings. The van der Waals surface area contributed by atoms with Crippen LogP contribution < -0.4 is 10.2 Å². The number of nitrogens with zero attached hydrogens (tertiary/aromatic N) is 2. The van der Waals surface area contributed by atoms with Crippen molar-refractivity contribution in [1.29, 1.82) is 0 Å². The smallest absolute Gasteiger partial charge is 0.337 e. The number of thiocarbonyl (C=S) groups is 1. The van der Waals surface area contributed by atoms with Crippen molar-refractivity contribution in [2.45, 2.75) is 12.1 Å². The summed E-state index contributed by atoms with van der Waals surface area (Å²) >= 11 is 11.9. The Morgan fingerprint density at radius 3 is 2.77 bits per heavy atom. The minimum absolute atomic E-state index is 0.0304. The summed E-state index contributed by atoms with van der Waals surface area (Å²) in [4.78, 5) is 18.3. The molecule has 35 heavy (non-hydrogen) atoms. The van der Waals surface area contributed by atoms with Gasteiger partial charge in [-0.25, -0.2) is 4.79 Å². The number of nitrogens with one attached hydrogen (secondary N) is 1. The molecule has 0 aliphatic carbocycles. The molecule has 5 rings (SSSR count). The molecule has 176 valence electrons. The Morgan fingerprint density at radius 1 is 1.14 bits per heavy atom. The molecule has 2 aromatic heterocycles. The van der Waals surface area contributed by atoms with Crippen LogP contribution in [0, 0.1) is 0 Å². The summed E-state index contributed by atoms with van der Waals surface area (Å²) in [7, 11) is 1.34. The number of halogens is 1. The fourth-order valence-electron chi connectivity index (χ4n) is 4.18. The van der Waals surface area contributed by atoms with E-state index in [1.165, 1.54) is 13.2 Å². The van der Waals surface area contributed by atoms with E-state index in [4.69, 9.17) is 33.0 Å². The number of ether oxygens (including phenoxy) is 1. The van der Waals surface area contributed by atoms with Gasteiger partial charge in [0.05, 0.1) is 30.1 Å². The first-order chi connectivity index (χ1) is 17.0. The zero-order chi connectivity index (χ0) is 24.5. The fraction of sp³-hybridized carbons (Fsp3) is 0.115. The third-order valence-electron chi connectivity index (χ3n) is 5.78. The lowest BCUT2D eigenvalue weighted by molar-refractivity contribution is 0.0601. The van der Waals surface area contributed by atoms with E-state index in [9.17, 15) is 9.90 Å². The summed E-state index contributed by atoms with van der Waals surface area (Å²) in [5, 5.41) is 14.8. The van der Waals surface area contributed by atoms with Crippen molar-refractivity contribution in [3.05, 3.63) is 101 Å². The molecule has 0 saturated carbocycles. The van der Waals surface area contributed by atoms with Gasteiger partial charge in [-0.15, -0.1) is 0 Å². The van der Waals surface area contributed by atoms with E-state index in [2.05, 4.69) is 10.3 Å². The van der Waals surface area contributed by atoms with Crippen molar-refractivity contribution in [3.8, 4) is 17.1 Å². The number of aromatic hydroxyl groups is 1. The highest BCUT2D eigenvalue weighted by molar-refractivity contribution is 7.80. The van der Waals surface area contributed by atoms with E-state index < -0.39 is 12.0 Å². The van der Waals surface area contributed by atoms with Gasteiger partial charge in [0.2, 0.25) is 0 Å². The highest BCUT2D eigenvalue weighted by Gasteiger charge is 2.43. The van der Waals surface area contributed by atoms with Crippen LogP contribution >= 0.6 is 23.8 Å². The van der Waals surface area contributed by atoms with E-state index in [0.717, 1.165) is 11.3 Å². The topological polar surface area (TPSA) is 87.8 Å². The van der Waals surface area contributed by atoms with Crippen molar-refractivity contribution in [1.82, 2.24) is 10.3 Å². The van der Waals surface area contributed by atoms with E-state index in [0.29, 0.717) is 32.9 Å². The van der Waals surface area contributed by atoms with Gasteiger partial charge in [0.1, 0.15) is 23.3 Å². The minimum atomic E-state index is -0.473. The van der Waals surface area contributed by atoms with E-state index >= 15 is 0 Å². The van der Waals surface area contributed by atoms with Gasteiger partial charge in [-0.2, -0.15) is 0 Å². The number of methoxy groups -OCH3 is 1. The lowest BCUT2D eigenvalue weighted by Gasteiger charge is -2.26. The molecule has 1 aliphatic heterocycles. The third kappa shape index (κ3) is 4.34. The van der Waals surface area contributed by atoms with Crippen LogP contribution in [0.25, 0.3) is 11.3 Å². The number of aromatic nitrogens is 1. The predicted octanol–water partition coefficient (Wildman–Crippen LogP) is 5.66. The second kappa shape index (κ2) is 9.40. The van der Waals surface area contributed by atoms with Crippen LogP contribution in [-0.4, -0.2) is 28.3 Å². The zero-order valence-electron chi connectivity index (χ0n) is 18.5. The number of pyridine rings is 1. The molecule has 3 heterocycles. The molecular weight excluding hydrogens is 486 g/mol. The number of anilines is 1. The summed E-state index contributed by atoms with van der Waals surface area (Å²) in [6, 6.07) is 20.3. The Kier molecular flexibility index (Phi) is 6.15. The average Bonchev–Trinajstić information content (AvgIpc) is 3.50. The quantitative estimate of drug-likeness (QED) is 0.265. The van der Waals surface area contributed by atoms with E-state index in [-0.39, 0.29) is 11.8 Å². The zero-order valence-corrected chi connectivity index (χ0v) is 20.1. The number of phenols is 1. The highest BCUT2D eigenvalue weighted by atomic mass is 35.5. The molecule has 2 atom stereocenters. The maximum Gasteiger partial charge on any atom is 0.337 e. The molecule has 0 spiro atoms. The number of phenolic OH excluding ortho intramolecular Hbond substituents is 1. The van der Waals surface area contributed by atoms with Crippen LogP contribution in [0.3, 0.4) is 0 Å². The fourth-order valence-corrected chi connectivity index (χ4v) is 4.68. The van der Waals surface area contributed by atoms with Gasteiger partial charge in [0.15, 0.2) is 5.11 Å². The summed E-state index contributed by atoms with van der Waals surface area (Å²) in [6.07, 6.45) is 1.71. The first-order valence-electron chi connectivity index (χ1n) is 10.7. The van der Waals surface area contributed by atoms with Crippen molar-refractivity contribution >= 4 is 40.6 Å². The standard InChI is InChI=1S/C26H20ClN3O4S/c1-33-25(32)16-6-4-5-15(13-16)21-10-11-22(34-21)24-23(18-7-2-3-12-28-18)29-26(35)30(24)19-14-17(27)8-9-20(19)31/h2-14,23-24,31H,1H3,(H,29,35)/t23-,24+/m0/s1. The lowest BCUT2D eigenvalue weighted by atomic mass is 10.0. The monoisotopic (exact) mass is 505 g/mol. The molecule has 7 nitrogen and oxygen atoms in total. The largest absolute Gasteiger partial charge is 0.506 e. The maximum atomic E-state index is 12.0. The van der Waals surface area contributed by atoms with Gasteiger partial charge in [0.25, 0.3) is 0 Å². The van der Waals surface area contributed by atoms with Crippen LogP contribution in [-0.2, 0) is 4.74 Å². The van der Waals surface area contributed by atoms with Gasteiger partial charge < -0.3 is 24.5 Å². The number of benzene rings is 2. The molecule has 2 N–H and O–H groups in total. The first kappa shape index (κ1) is 22.9. The van der Waals surface area contributed by atoms with Crippen molar-refractivity contribution in [2.75, 3.05) is 12.0 Å². The average molecular weight is 506 g/mol. The van der Waals surface area contributed by atoms with Crippen LogP contribution in [0.5, 0.6) is 5.75 Å². The number of hydrogen-bond donors (Lipinski definition) is 2. The van der Waals surface area contributed by atoms with Gasteiger partial charge in [0, 0.05) is 16.8 Å². The van der Waals surface area contributed by atoms with Crippen LogP contribution in [0.4, 0.5) is 5.69 Å². The number of carbonyl (C=O) groups excluding carboxylic acids is 1. The minimum Gasteiger partial charge on any atom is -0.506 e. The molecular formula is C26H20ClN3O4S. The normalized spacial score (nSPS) is 17.3. The van der Waals surface area contributed by atoms with Crippen molar-refractivity contribution in [3.63, 3.8) is 0 Å². The van der Waals surface area contributed by atoms with Gasteiger partial charge in [-0.05, 0) is 66.8 Å². The summed E-state index contributed by atoms with van der Waals surface area (Å²) < 4.78 is 11.1. The Morgan fingerprint density at radius 2 is 2.00 bits per heavy atom. The highest BCUT2D eigenvalue weighted by Crippen LogP contribution is 2.45. The maximum absolute atomic E-state index is 12.0. The van der Waals surface area contributed by atoms with Crippen LogP contribution in [0.2, 0.25) is 5.02 Å². The number of hydrogen-bond acceptors (Lipinski definition) is 6. The summed E-state index contributed by atoms with van der Waals surface area (Å²) in [5.74, 6) is 0.758. The Labute approximate surface area is 211 Å². The Hall–Kier alpha value is -3.88. The second-order valence-electron chi connectivity index (χ2n) is 7.90. The number of esters is 1. The van der Waals surface area contributed by atoms with Crippen LogP contribution in [0.1, 0.15) is 33.9 Å². The second-order valence-corrected chi connectivity index (χ2v) is 8.73. The molecule has 0 unspecified atom stereocenters. The lowest BCUT2D eigenvalue weighted by Crippen LogP contribution is -2.29. The predicted molar refractivity (Wildman–Crippen MR) is 137 cm³/mol. The van der Waals surface area contributed by atoms with E-state index in [1.807, 2.05) is 36.4 Å². The molecule has 0 bridgehead atoms. The van der Waals surface area contributed by atoms with Crippen molar-refractivity contribution in [2.24, 2.45) is 0 Å². The summed E-state index contributed by atoms with van der Waals surface area (Å²) in [5.41, 5.74) is 2.35. The molecule has 0 amide bonds. The van der Waals surface area contributed by atoms with Crippen LogP contribution in [0.15, 0.2) is 83.4 Å². The Balaban J connectivity index is 1.60. The molecule has 1 aliphatic rings. The van der Waals surface area contributed by atoms with Gasteiger partial charge in [-0.1, -0.05) is 29.8 Å².